The molecule has 0 N–H and O–H groups in total. The fraction of sp³-hybridized carbons (Fsp3) is 0.500. The number of carboxylic acid groups (broad SMARTS) is 1. The van der Waals surface area contributed by atoms with Crippen LogP contribution in [0.2, 0.25) is 0 Å². The van der Waals surface area contributed by atoms with E-state index < -0.39 is 16.2 Å². The summed E-state index contributed by atoms with van der Waals surface area (Å²) >= 11 is 0. The number of hydrogen-bond donors (Lipinski definition) is 0. The van der Waals surface area contributed by atoms with Gasteiger partial charge in [-0.25, -0.2) is 18.6 Å². The number of hydrogen-bond acceptors (Lipinski definition) is 6. The van der Waals surface area contributed by atoms with Gasteiger partial charge >= 0.3 is 46.1 Å². The monoisotopic (exact) mass is 206 g/mol. The Hall–Kier alpha value is 1.13. The van der Waals surface area contributed by atoms with Crippen LogP contribution in [-0.2, 0) is 4.79 Å². The molecule has 56 valence electrons. The Bertz CT molecular complexity index is 81.1. The molecule has 0 saturated heterocycles. The van der Waals surface area contributed by atoms with Gasteiger partial charge in [0.05, 0.1) is 0 Å². The summed E-state index contributed by atoms with van der Waals surface area (Å²) in [6, 6.07) is 0. The standard InChI is InChI=1S/C2H4O2.ClHO4.2Mg/c1-2(3)4;2-1(3,4)5;;/h1H3,(H,3,4);(H,2,3,4,5);;/q;;2*+2/p-2. The summed E-state index contributed by atoms with van der Waals surface area (Å²) in [5.74, 6) is -1.08. The third kappa shape index (κ3) is 724. The van der Waals surface area contributed by atoms with E-state index in [2.05, 4.69) is 0 Å². The first-order valence-corrected chi connectivity index (χ1v) is 2.76. The third-order valence-electron chi connectivity index (χ3n) is 0. The van der Waals surface area contributed by atoms with Gasteiger partial charge in [-0.1, -0.05) is 0 Å². The van der Waals surface area contributed by atoms with Crippen molar-refractivity contribution in [2.24, 2.45) is 0 Å². The van der Waals surface area contributed by atoms with E-state index in [1.54, 1.807) is 0 Å². The van der Waals surface area contributed by atoms with Gasteiger partial charge in [0.1, 0.15) is 0 Å². The molecule has 0 saturated carbocycles. The van der Waals surface area contributed by atoms with Crippen LogP contribution in [0, 0.1) is 10.2 Å². The maximum Gasteiger partial charge on any atom is 2.00 e. The quantitative estimate of drug-likeness (QED) is 0.362. The fourth-order valence-corrected chi connectivity index (χ4v) is 0. The molecule has 0 amide bonds. The van der Waals surface area contributed by atoms with Crippen LogP contribution < -0.4 is 23.7 Å². The zero-order valence-electron chi connectivity index (χ0n) is 5.74. The van der Waals surface area contributed by atoms with Crippen molar-refractivity contribution >= 4 is 52.1 Å². The van der Waals surface area contributed by atoms with Crippen molar-refractivity contribution < 1.29 is 38.8 Å². The molecule has 0 heterocycles. The molecule has 0 bridgehead atoms. The minimum absolute atomic E-state index is 0. The number of halogens is 1. The SMILES string of the molecule is CC(=O)[O-].[Mg+2].[Mg+2].[O-][Cl+3]([O-])([O-])[O-]. The minimum Gasteiger partial charge on any atom is -0.550 e. The second-order valence-corrected chi connectivity index (χ2v) is 1.63. The van der Waals surface area contributed by atoms with Crippen LogP contribution in [0.5, 0.6) is 0 Å². The van der Waals surface area contributed by atoms with Crippen LogP contribution in [-0.4, -0.2) is 52.1 Å². The smallest absolute Gasteiger partial charge is 0.550 e. The summed E-state index contributed by atoms with van der Waals surface area (Å²) in [4.78, 5) is 8.89. The third-order valence-corrected chi connectivity index (χ3v) is 0. The van der Waals surface area contributed by atoms with Gasteiger partial charge in [-0.15, -0.1) is 10.2 Å². The van der Waals surface area contributed by atoms with E-state index in [9.17, 15) is 0 Å². The summed E-state index contributed by atoms with van der Waals surface area (Å²) in [7, 11) is -4.94. The molecular formula is C2H3ClMg2O6+2. The van der Waals surface area contributed by atoms with Gasteiger partial charge in [-0.05, 0) is 6.92 Å². The van der Waals surface area contributed by atoms with E-state index in [0.29, 0.717) is 0 Å². The van der Waals surface area contributed by atoms with Crippen LogP contribution in [0.3, 0.4) is 0 Å². The molecule has 0 radical (unpaired) electrons. The molecule has 0 spiro atoms. The van der Waals surface area contributed by atoms with Crippen molar-refractivity contribution in [3.05, 3.63) is 0 Å². The molecule has 0 unspecified atom stereocenters. The molecule has 0 aromatic rings. The Labute approximate surface area is 97.2 Å². The Morgan fingerprint density at radius 2 is 1.09 bits per heavy atom. The Balaban J connectivity index is -0.0000000383. The first-order valence-electron chi connectivity index (χ1n) is 1.53. The van der Waals surface area contributed by atoms with Gasteiger partial charge in [0.15, 0.2) is 0 Å². The first-order chi connectivity index (χ1) is 3.73. The number of carboxylic acids is 1. The maximum atomic E-state index is 8.89. The molecular weight excluding hydrogens is 204 g/mol. The maximum absolute atomic E-state index is 8.89. The molecule has 0 aliphatic heterocycles. The molecule has 0 aromatic heterocycles. The van der Waals surface area contributed by atoms with Gasteiger partial charge < -0.3 is 9.90 Å². The topological polar surface area (TPSA) is 132 Å². The van der Waals surface area contributed by atoms with E-state index >= 15 is 0 Å². The number of rotatable bonds is 0. The number of carbonyl (C=O) groups is 1. The van der Waals surface area contributed by atoms with Crippen molar-refractivity contribution in [1.82, 2.24) is 0 Å². The molecule has 11 heavy (non-hydrogen) atoms. The summed E-state index contributed by atoms with van der Waals surface area (Å²) in [6.07, 6.45) is 0. The van der Waals surface area contributed by atoms with E-state index in [-0.39, 0.29) is 46.1 Å². The molecule has 0 aliphatic rings. The van der Waals surface area contributed by atoms with Gasteiger partial charge in [0, 0.05) is 5.97 Å². The van der Waals surface area contributed by atoms with Gasteiger partial charge in [0.25, 0.3) is 0 Å². The summed E-state index contributed by atoms with van der Waals surface area (Å²) in [6.45, 7) is 0.972. The number of carbonyl (C=O) groups excluding carboxylic acids is 1. The second kappa shape index (κ2) is 11.1. The van der Waals surface area contributed by atoms with E-state index in [1.807, 2.05) is 0 Å². The van der Waals surface area contributed by atoms with Crippen molar-refractivity contribution in [1.29, 1.82) is 0 Å². The molecule has 0 fully saturated rings. The van der Waals surface area contributed by atoms with E-state index in [1.165, 1.54) is 0 Å². The molecule has 0 aliphatic carbocycles. The average Bonchev–Trinajstić information content (AvgIpc) is 1.19. The average molecular weight is 207 g/mol. The Morgan fingerprint density at radius 1 is 1.09 bits per heavy atom. The van der Waals surface area contributed by atoms with E-state index in [0.717, 1.165) is 6.92 Å². The predicted molar refractivity (Wildman–Crippen MR) is 22.2 cm³/mol. The zero-order valence-corrected chi connectivity index (χ0v) is 9.33. The van der Waals surface area contributed by atoms with E-state index in [4.69, 9.17) is 28.5 Å². The molecule has 0 rings (SSSR count). The fourth-order valence-electron chi connectivity index (χ4n) is 0. The molecule has 0 atom stereocenters. The van der Waals surface area contributed by atoms with Crippen molar-refractivity contribution in [2.45, 2.75) is 6.92 Å². The van der Waals surface area contributed by atoms with Gasteiger partial charge in [0.2, 0.25) is 0 Å². The largest absolute Gasteiger partial charge is 2.00 e. The molecule has 6 nitrogen and oxygen atoms in total. The zero-order chi connectivity index (χ0) is 8.08. The Morgan fingerprint density at radius 3 is 1.09 bits per heavy atom. The minimum atomic E-state index is -4.94. The summed E-state index contributed by atoms with van der Waals surface area (Å²) in [5.41, 5.74) is 0. The van der Waals surface area contributed by atoms with Crippen LogP contribution in [0.4, 0.5) is 0 Å². The summed E-state index contributed by atoms with van der Waals surface area (Å²) < 4.78 is 34.0. The Kier molecular flexibility index (Phi) is 23.0. The van der Waals surface area contributed by atoms with Crippen LogP contribution in [0.15, 0.2) is 0 Å². The van der Waals surface area contributed by atoms with Gasteiger partial charge in [-0.2, -0.15) is 0 Å². The van der Waals surface area contributed by atoms with Crippen molar-refractivity contribution in [2.75, 3.05) is 0 Å². The second-order valence-electron chi connectivity index (χ2n) is 0.870. The van der Waals surface area contributed by atoms with Crippen molar-refractivity contribution in [3.63, 3.8) is 0 Å². The molecule has 0 aromatic carbocycles. The first kappa shape index (κ1) is 22.7. The van der Waals surface area contributed by atoms with Crippen LogP contribution in [0.1, 0.15) is 6.92 Å². The summed E-state index contributed by atoms with van der Waals surface area (Å²) in [5, 5.41) is 8.89. The predicted octanol–water partition coefficient (Wildman–Crippen LogP) is -6.76. The van der Waals surface area contributed by atoms with Crippen LogP contribution >= 0.6 is 0 Å². The molecule has 9 heteroatoms. The van der Waals surface area contributed by atoms with Gasteiger partial charge in [-0.3, -0.25) is 0 Å². The normalized spacial score (nSPS) is 7.73. The van der Waals surface area contributed by atoms with Crippen molar-refractivity contribution in [3.8, 4) is 0 Å². The van der Waals surface area contributed by atoms with Crippen LogP contribution in [0.25, 0.3) is 0 Å². The number of aliphatic carboxylic acids is 1.